The minimum atomic E-state index is -0.278. The molecular weight excluding hydrogens is 499 g/mol. The van der Waals surface area contributed by atoms with Crippen LogP contribution < -0.4 is 11.1 Å². The summed E-state index contributed by atoms with van der Waals surface area (Å²) in [5.41, 5.74) is 10.4. The van der Waals surface area contributed by atoms with Crippen molar-refractivity contribution in [1.82, 2.24) is 10.3 Å². The monoisotopic (exact) mass is 516 g/mol. The van der Waals surface area contributed by atoms with Gasteiger partial charge in [-0.3, -0.25) is 15.1 Å². The van der Waals surface area contributed by atoms with Gasteiger partial charge in [0, 0.05) is 27.4 Å². The van der Waals surface area contributed by atoms with Gasteiger partial charge in [-0.25, -0.2) is 4.99 Å². The quantitative estimate of drug-likeness (QED) is 0.236. The molecule has 0 saturated heterocycles. The molecule has 4 rings (SSSR count). The number of carbonyl (C=O) groups excluding carboxylic acids is 1. The predicted octanol–water partition coefficient (Wildman–Crippen LogP) is 6.45. The predicted molar refractivity (Wildman–Crippen MR) is 139 cm³/mol. The van der Waals surface area contributed by atoms with Crippen LogP contribution >= 0.6 is 46.9 Å². The lowest BCUT2D eigenvalue weighted by Gasteiger charge is -2.12. The largest absolute Gasteiger partial charge is 0.370 e. The third-order valence-electron chi connectivity index (χ3n) is 4.64. The van der Waals surface area contributed by atoms with Crippen molar-refractivity contribution in [2.24, 2.45) is 10.7 Å². The van der Waals surface area contributed by atoms with Gasteiger partial charge in [0.15, 0.2) is 5.96 Å². The Morgan fingerprint density at radius 2 is 1.64 bits per heavy atom. The molecule has 2 heterocycles. The highest BCUT2D eigenvalue weighted by Gasteiger charge is 2.12. The summed E-state index contributed by atoms with van der Waals surface area (Å²) in [5.74, 6) is -0.225. The number of aliphatic imine (C=N–C) groups is 1. The van der Waals surface area contributed by atoms with Crippen molar-refractivity contribution in [3.63, 3.8) is 0 Å². The molecule has 33 heavy (non-hydrogen) atoms. The Hall–Kier alpha value is -2.90. The highest BCUT2D eigenvalue weighted by Crippen LogP contribution is 2.32. The fraction of sp³-hybridized carbons (Fsp3) is 0.0417. The van der Waals surface area contributed by atoms with E-state index in [-0.39, 0.29) is 30.8 Å². The molecule has 2 aromatic heterocycles. The molecule has 9 heteroatoms. The van der Waals surface area contributed by atoms with Crippen LogP contribution in [0.2, 0.25) is 10.0 Å². The summed E-state index contributed by atoms with van der Waals surface area (Å²) in [6.07, 6.45) is 1.75. The van der Waals surface area contributed by atoms with Crippen LogP contribution in [0, 0.1) is 0 Å². The van der Waals surface area contributed by atoms with E-state index in [4.69, 9.17) is 28.9 Å². The lowest BCUT2D eigenvalue weighted by molar-refractivity contribution is 0.0980. The van der Waals surface area contributed by atoms with E-state index in [0.29, 0.717) is 14.9 Å². The van der Waals surface area contributed by atoms with E-state index in [1.165, 1.54) is 11.3 Å². The topological polar surface area (TPSA) is 80.4 Å². The van der Waals surface area contributed by atoms with Crippen molar-refractivity contribution < 1.29 is 4.79 Å². The van der Waals surface area contributed by atoms with Crippen LogP contribution in [0.25, 0.3) is 22.4 Å². The van der Waals surface area contributed by atoms with E-state index < -0.39 is 0 Å². The number of nitrogens with zero attached hydrogens (tertiary/aromatic N) is 2. The van der Waals surface area contributed by atoms with Gasteiger partial charge in [-0.1, -0.05) is 53.5 Å². The Labute approximate surface area is 211 Å². The Bertz CT molecular complexity index is 1260. The van der Waals surface area contributed by atoms with Gasteiger partial charge >= 0.3 is 0 Å². The first-order valence-corrected chi connectivity index (χ1v) is 11.3. The Morgan fingerprint density at radius 1 is 1.00 bits per heavy atom. The first-order chi connectivity index (χ1) is 15.5. The molecule has 168 valence electrons. The summed E-state index contributed by atoms with van der Waals surface area (Å²) >= 11 is 13.5. The van der Waals surface area contributed by atoms with Gasteiger partial charge in [0.25, 0.3) is 5.91 Å². The number of amides is 1. The van der Waals surface area contributed by atoms with Crippen molar-refractivity contribution in [2.75, 3.05) is 0 Å². The van der Waals surface area contributed by atoms with Crippen molar-refractivity contribution in [1.29, 1.82) is 0 Å². The summed E-state index contributed by atoms with van der Waals surface area (Å²) in [5, 5.41) is 5.74. The number of hydrogen-bond acceptors (Lipinski definition) is 4. The average Bonchev–Trinajstić information content (AvgIpc) is 3.34. The molecule has 2 aromatic carbocycles. The van der Waals surface area contributed by atoms with Crippen LogP contribution in [-0.2, 0) is 6.54 Å². The summed E-state index contributed by atoms with van der Waals surface area (Å²) in [6.45, 7) is 0.269. The number of guanidine groups is 1. The van der Waals surface area contributed by atoms with Gasteiger partial charge in [-0.15, -0.1) is 23.7 Å². The summed E-state index contributed by atoms with van der Waals surface area (Å²) in [6, 6.07) is 20.6. The molecule has 5 nitrogen and oxygen atoms in total. The smallest absolute Gasteiger partial charge is 0.268 e. The number of benzene rings is 2. The van der Waals surface area contributed by atoms with E-state index in [0.717, 1.165) is 27.9 Å². The number of carbonyl (C=O) groups is 1. The normalized spacial score (nSPS) is 11.0. The van der Waals surface area contributed by atoms with E-state index >= 15 is 0 Å². The maximum atomic E-state index is 12.1. The molecule has 0 aliphatic heterocycles. The zero-order valence-electron chi connectivity index (χ0n) is 17.2. The number of nitrogens with one attached hydrogen (secondary N) is 1. The number of nitrogens with two attached hydrogens (primary N) is 1. The van der Waals surface area contributed by atoms with Crippen LogP contribution in [0.5, 0.6) is 0 Å². The lowest BCUT2D eigenvalue weighted by Crippen LogP contribution is -2.36. The maximum absolute atomic E-state index is 12.1. The van der Waals surface area contributed by atoms with Gasteiger partial charge in [0.2, 0.25) is 0 Å². The SMILES string of the molecule is Cl.NC(=NCc1cnc(-c2ccc(Cl)cc2)c(-c2ccc(Cl)cc2)c1)NC(=O)c1cccs1. The molecule has 0 spiro atoms. The van der Waals surface area contributed by atoms with Crippen molar-refractivity contribution in [3.8, 4) is 22.4 Å². The van der Waals surface area contributed by atoms with E-state index in [1.807, 2.05) is 60.0 Å². The Balaban J connectivity index is 0.00000306. The number of pyridine rings is 1. The van der Waals surface area contributed by atoms with Crippen LogP contribution in [0.1, 0.15) is 15.2 Å². The highest BCUT2D eigenvalue weighted by atomic mass is 35.5. The fourth-order valence-corrected chi connectivity index (χ4v) is 3.95. The lowest BCUT2D eigenvalue weighted by atomic mass is 9.98. The van der Waals surface area contributed by atoms with Crippen LogP contribution in [-0.4, -0.2) is 16.9 Å². The van der Waals surface area contributed by atoms with Gasteiger partial charge in [-0.2, -0.15) is 0 Å². The summed E-state index contributed by atoms with van der Waals surface area (Å²) < 4.78 is 0. The van der Waals surface area contributed by atoms with Crippen LogP contribution in [0.4, 0.5) is 0 Å². The van der Waals surface area contributed by atoms with Gasteiger partial charge in [0.1, 0.15) is 0 Å². The number of hydrogen-bond donors (Lipinski definition) is 2. The molecule has 0 unspecified atom stereocenters. The number of rotatable bonds is 5. The summed E-state index contributed by atoms with van der Waals surface area (Å²) in [7, 11) is 0. The second-order valence-corrected chi connectivity index (χ2v) is 8.71. The minimum absolute atomic E-state index is 0. The van der Waals surface area contributed by atoms with Crippen molar-refractivity contribution >= 4 is 58.8 Å². The maximum Gasteiger partial charge on any atom is 0.268 e. The van der Waals surface area contributed by atoms with Gasteiger partial charge in [0.05, 0.1) is 17.1 Å². The second kappa shape index (κ2) is 11.3. The summed E-state index contributed by atoms with van der Waals surface area (Å²) in [4.78, 5) is 21.7. The van der Waals surface area contributed by atoms with Crippen LogP contribution in [0.3, 0.4) is 0 Å². The molecule has 3 N–H and O–H groups in total. The molecule has 0 radical (unpaired) electrons. The molecule has 0 aliphatic carbocycles. The van der Waals surface area contributed by atoms with Crippen molar-refractivity contribution in [2.45, 2.75) is 6.54 Å². The number of aromatic nitrogens is 1. The zero-order valence-corrected chi connectivity index (χ0v) is 20.3. The Kier molecular flexibility index (Phi) is 8.47. The number of halogens is 3. The molecule has 4 aromatic rings. The Morgan fingerprint density at radius 3 is 2.24 bits per heavy atom. The van der Waals surface area contributed by atoms with Crippen LogP contribution in [0.15, 0.2) is 83.3 Å². The minimum Gasteiger partial charge on any atom is -0.370 e. The standard InChI is InChI=1S/C24H18Cl2N4OS.ClH/c25-18-7-3-16(4-8-18)20-12-15(13-28-22(20)17-5-9-19(26)10-6-17)14-29-24(27)30-23(31)21-2-1-11-32-21;/h1-13H,14H2,(H3,27,29,30,31);1H. The zero-order chi connectivity index (χ0) is 22.5. The second-order valence-electron chi connectivity index (χ2n) is 6.89. The molecule has 0 fully saturated rings. The molecule has 0 aliphatic rings. The number of thiophene rings is 1. The van der Waals surface area contributed by atoms with E-state index in [2.05, 4.69) is 15.3 Å². The van der Waals surface area contributed by atoms with Crippen molar-refractivity contribution in [3.05, 3.63) is 98.8 Å². The van der Waals surface area contributed by atoms with Gasteiger partial charge in [-0.05, 0) is 52.9 Å². The highest BCUT2D eigenvalue weighted by molar-refractivity contribution is 7.12. The molecule has 0 saturated carbocycles. The van der Waals surface area contributed by atoms with E-state index in [1.54, 1.807) is 18.3 Å². The van der Waals surface area contributed by atoms with E-state index in [9.17, 15) is 4.79 Å². The first kappa shape index (κ1) is 24.7. The molecule has 1 amide bonds. The molecule has 0 bridgehead atoms. The fourth-order valence-electron chi connectivity index (χ4n) is 3.08. The molecular formula is C24H19Cl3N4OS. The average molecular weight is 518 g/mol. The first-order valence-electron chi connectivity index (χ1n) is 9.65. The third-order valence-corrected chi connectivity index (χ3v) is 6.01. The molecule has 0 atom stereocenters. The van der Waals surface area contributed by atoms with Gasteiger partial charge < -0.3 is 5.73 Å². The third kappa shape index (κ3) is 6.33.